The number of nitrogens with two attached hydrogens (primary N) is 1. The molecule has 0 unspecified atom stereocenters. The molecule has 1 saturated heterocycles. The van der Waals surface area contributed by atoms with Gasteiger partial charge in [-0.1, -0.05) is 48.5 Å². The molecule has 3 aromatic rings. The molecule has 3 heterocycles. The van der Waals surface area contributed by atoms with Crippen LogP contribution in [0, 0.1) is 6.92 Å². The van der Waals surface area contributed by atoms with Crippen molar-refractivity contribution in [1.29, 1.82) is 0 Å². The average molecular weight is 424 g/mol. The van der Waals surface area contributed by atoms with E-state index in [1.165, 1.54) is 6.42 Å². The first kappa shape index (κ1) is 19.0. The lowest BCUT2D eigenvalue weighted by molar-refractivity contribution is 0.103. The Hall–Kier alpha value is -3.67. The summed E-state index contributed by atoms with van der Waals surface area (Å²) in [6.45, 7) is 3.95. The topological polar surface area (TPSA) is 84.1 Å². The molecule has 3 N–H and O–H groups in total. The number of hydrogen-bond donors (Lipinski definition) is 2. The molecule has 1 fully saturated rings. The quantitative estimate of drug-likeness (QED) is 0.630. The predicted octanol–water partition coefficient (Wildman–Crippen LogP) is 4.52. The zero-order valence-corrected chi connectivity index (χ0v) is 18.1. The van der Waals surface area contributed by atoms with Gasteiger partial charge in [0.15, 0.2) is 5.78 Å². The SMILES string of the molecule is Cc1ccccc1[C@H]1C2=C(Nc3nc(N4CCCCC4)nc(N)c31)c1ccccc1C2=O. The van der Waals surface area contributed by atoms with Gasteiger partial charge in [0, 0.05) is 41.3 Å². The van der Waals surface area contributed by atoms with Gasteiger partial charge in [-0.15, -0.1) is 0 Å². The van der Waals surface area contributed by atoms with Gasteiger partial charge in [0.05, 0.1) is 5.70 Å². The Kier molecular flexibility index (Phi) is 4.28. The fourth-order valence-corrected chi connectivity index (χ4v) is 5.29. The van der Waals surface area contributed by atoms with Crippen LogP contribution < -0.4 is 16.0 Å². The Bertz CT molecular complexity index is 1290. The van der Waals surface area contributed by atoms with Crippen LogP contribution in [0.2, 0.25) is 0 Å². The van der Waals surface area contributed by atoms with Crippen molar-refractivity contribution < 1.29 is 4.79 Å². The lowest BCUT2D eigenvalue weighted by Gasteiger charge is -2.32. The molecule has 2 aliphatic heterocycles. The molecule has 6 heteroatoms. The summed E-state index contributed by atoms with van der Waals surface area (Å²) in [4.78, 5) is 25.4. The monoisotopic (exact) mass is 423 g/mol. The van der Waals surface area contributed by atoms with Gasteiger partial charge >= 0.3 is 0 Å². The van der Waals surface area contributed by atoms with Crippen molar-refractivity contribution in [3.05, 3.63) is 81.9 Å². The summed E-state index contributed by atoms with van der Waals surface area (Å²) >= 11 is 0. The highest BCUT2D eigenvalue weighted by Crippen LogP contribution is 2.51. The molecular weight excluding hydrogens is 398 g/mol. The molecule has 32 heavy (non-hydrogen) atoms. The maximum atomic E-state index is 13.6. The van der Waals surface area contributed by atoms with Gasteiger partial charge in [0.1, 0.15) is 11.6 Å². The normalized spacial score (nSPS) is 19.3. The van der Waals surface area contributed by atoms with E-state index in [1.54, 1.807) is 0 Å². The van der Waals surface area contributed by atoms with Crippen molar-refractivity contribution in [2.45, 2.75) is 32.1 Å². The van der Waals surface area contributed by atoms with Crippen molar-refractivity contribution in [2.75, 3.05) is 29.0 Å². The number of anilines is 3. The minimum atomic E-state index is -0.308. The fourth-order valence-electron chi connectivity index (χ4n) is 5.29. The second-order valence-corrected chi connectivity index (χ2v) is 8.80. The molecule has 1 aromatic heterocycles. The van der Waals surface area contributed by atoms with E-state index in [-0.39, 0.29) is 11.7 Å². The van der Waals surface area contributed by atoms with Crippen LogP contribution in [0.1, 0.15) is 57.8 Å². The average Bonchev–Trinajstić information content (AvgIpc) is 3.11. The number of allylic oxidation sites excluding steroid dienone is 1. The summed E-state index contributed by atoms with van der Waals surface area (Å²) in [5.74, 6) is 1.54. The van der Waals surface area contributed by atoms with E-state index in [2.05, 4.69) is 29.3 Å². The second kappa shape index (κ2) is 7.19. The van der Waals surface area contributed by atoms with Gasteiger partial charge in [0.2, 0.25) is 5.95 Å². The maximum absolute atomic E-state index is 13.6. The van der Waals surface area contributed by atoms with Crippen LogP contribution in [0.15, 0.2) is 54.1 Å². The van der Waals surface area contributed by atoms with Crippen molar-refractivity contribution in [2.24, 2.45) is 0 Å². The third-order valence-corrected chi connectivity index (χ3v) is 6.88. The molecule has 1 atom stereocenters. The number of aromatic nitrogens is 2. The number of piperidine rings is 1. The molecule has 0 amide bonds. The van der Waals surface area contributed by atoms with E-state index in [0.717, 1.165) is 65.0 Å². The number of fused-ring (bicyclic) bond motifs is 3. The first-order valence-corrected chi connectivity index (χ1v) is 11.3. The summed E-state index contributed by atoms with van der Waals surface area (Å²) in [5.41, 5.74) is 12.8. The number of aryl methyl sites for hydroxylation is 1. The number of carbonyl (C=O) groups is 1. The third-order valence-electron chi connectivity index (χ3n) is 6.88. The van der Waals surface area contributed by atoms with Gasteiger partial charge in [-0.05, 0) is 37.3 Å². The standard InChI is InChI=1S/C26H25N5O/c1-15-9-3-4-10-16(15)19-20-22(17-11-5-6-12-18(17)23(20)32)28-25-21(19)24(27)29-26(30-25)31-13-7-2-8-14-31/h3-6,9-12,19H,2,7-8,13-14H2,1H3,(H3,27,28,29,30)/t19-/m0/s1. The number of nitrogens with zero attached hydrogens (tertiary/aromatic N) is 3. The Morgan fingerprint density at radius 1 is 0.969 bits per heavy atom. The van der Waals surface area contributed by atoms with Crippen LogP contribution in [-0.2, 0) is 0 Å². The Morgan fingerprint density at radius 3 is 2.47 bits per heavy atom. The molecule has 3 aliphatic rings. The number of nitrogen functional groups attached to an aromatic ring is 1. The maximum Gasteiger partial charge on any atom is 0.229 e. The molecule has 0 radical (unpaired) electrons. The van der Waals surface area contributed by atoms with Crippen LogP contribution in [0.4, 0.5) is 17.6 Å². The zero-order valence-electron chi connectivity index (χ0n) is 18.1. The molecule has 2 aromatic carbocycles. The summed E-state index contributed by atoms with van der Waals surface area (Å²) in [7, 11) is 0. The molecule has 160 valence electrons. The van der Waals surface area contributed by atoms with E-state index < -0.39 is 0 Å². The second-order valence-electron chi connectivity index (χ2n) is 8.80. The minimum absolute atomic E-state index is 0.0431. The molecule has 0 spiro atoms. The molecule has 6 rings (SSSR count). The van der Waals surface area contributed by atoms with E-state index in [9.17, 15) is 4.79 Å². The Balaban J connectivity index is 1.58. The van der Waals surface area contributed by atoms with Crippen LogP contribution in [0.25, 0.3) is 5.70 Å². The Labute approximate surface area is 187 Å². The highest BCUT2D eigenvalue weighted by atomic mass is 16.1. The van der Waals surface area contributed by atoms with E-state index in [4.69, 9.17) is 15.7 Å². The summed E-state index contributed by atoms with van der Waals surface area (Å²) in [6, 6.07) is 15.9. The first-order chi connectivity index (χ1) is 15.6. The number of Topliss-reactive ketones (excluding diaryl/α,β-unsaturated/α-hetero) is 1. The number of rotatable bonds is 2. The minimum Gasteiger partial charge on any atom is -0.383 e. The number of ketones is 1. The van der Waals surface area contributed by atoms with Gasteiger partial charge in [-0.2, -0.15) is 9.97 Å². The number of nitrogens with one attached hydrogen (secondary N) is 1. The zero-order chi connectivity index (χ0) is 21.8. The number of benzene rings is 2. The molecular formula is C26H25N5O. The summed E-state index contributed by atoms with van der Waals surface area (Å²) in [5, 5.41) is 3.49. The highest BCUT2D eigenvalue weighted by Gasteiger charge is 2.42. The van der Waals surface area contributed by atoms with E-state index >= 15 is 0 Å². The van der Waals surface area contributed by atoms with Crippen LogP contribution in [-0.4, -0.2) is 28.8 Å². The van der Waals surface area contributed by atoms with Crippen molar-refractivity contribution in [1.82, 2.24) is 9.97 Å². The number of hydrogen-bond acceptors (Lipinski definition) is 6. The lowest BCUT2D eigenvalue weighted by Crippen LogP contribution is -2.32. The van der Waals surface area contributed by atoms with Gasteiger partial charge in [-0.3, -0.25) is 4.79 Å². The Morgan fingerprint density at radius 2 is 1.69 bits per heavy atom. The van der Waals surface area contributed by atoms with Crippen molar-refractivity contribution in [3.8, 4) is 0 Å². The smallest absolute Gasteiger partial charge is 0.229 e. The first-order valence-electron chi connectivity index (χ1n) is 11.3. The van der Waals surface area contributed by atoms with Crippen LogP contribution in [0.5, 0.6) is 0 Å². The molecule has 1 aliphatic carbocycles. The van der Waals surface area contributed by atoms with Crippen LogP contribution >= 0.6 is 0 Å². The van der Waals surface area contributed by atoms with E-state index in [1.807, 2.05) is 36.4 Å². The van der Waals surface area contributed by atoms with Gasteiger partial charge < -0.3 is 16.0 Å². The van der Waals surface area contributed by atoms with E-state index in [0.29, 0.717) is 17.6 Å². The molecule has 0 bridgehead atoms. The number of carbonyl (C=O) groups excluding carboxylic acids is 1. The molecule has 0 saturated carbocycles. The van der Waals surface area contributed by atoms with Crippen LogP contribution in [0.3, 0.4) is 0 Å². The summed E-state index contributed by atoms with van der Waals surface area (Å²) < 4.78 is 0. The predicted molar refractivity (Wildman–Crippen MR) is 127 cm³/mol. The molecule has 6 nitrogen and oxygen atoms in total. The van der Waals surface area contributed by atoms with Gasteiger partial charge in [-0.25, -0.2) is 0 Å². The summed E-state index contributed by atoms with van der Waals surface area (Å²) in [6.07, 6.45) is 3.51. The van der Waals surface area contributed by atoms with Crippen molar-refractivity contribution >= 4 is 29.1 Å². The largest absolute Gasteiger partial charge is 0.383 e. The van der Waals surface area contributed by atoms with Gasteiger partial charge in [0.25, 0.3) is 0 Å². The highest BCUT2D eigenvalue weighted by molar-refractivity contribution is 6.24. The third kappa shape index (κ3) is 2.75. The van der Waals surface area contributed by atoms with Crippen molar-refractivity contribution in [3.63, 3.8) is 0 Å². The lowest BCUT2D eigenvalue weighted by atomic mass is 9.79. The fraction of sp³-hybridized carbons (Fsp3) is 0.269.